The van der Waals surface area contributed by atoms with Crippen molar-refractivity contribution in [3.8, 4) is 17.6 Å². The second kappa shape index (κ2) is 5.78. The van der Waals surface area contributed by atoms with Gasteiger partial charge in [-0.15, -0.1) is 0 Å². The van der Waals surface area contributed by atoms with Crippen LogP contribution in [0.15, 0.2) is 42.5 Å². The van der Waals surface area contributed by atoms with Gasteiger partial charge in [-0.25, -0.2) is 0 Å². The van der Waals surface area contributed by atoms with Crippen molar-refractivity contribution in [2.24, 2.45) is 0 Å². The monoisotopic (exact) mass is 294 g/mol. The minimum atomic E-state index is -0.338. The molecule has 5 heteroatoms. The fraction of sp³-hybridized carbons (Fsp3) is 0.176. The van der Waals surface area contributed by atoms with Gasteiger partial charge < -0.3 is 15.2 Å². The Morgan fingerprint density at radius 3 is 2.95 bits per heavy atom. The van der Waals surface area contributed by atoms with Crippen LogP contribution < -0.4 is 10.1 Å². The van der Waals surface area contributed by atoms with E-state index in [-0.39, 0.29) is 23.3 Å². The molecular weight excluding hydrogens is 280 g/mol. The number of phenols is 1. The molecule has 0 saturated heterocycles. The van der Waals surface area contributed by atoms with Gasteiger partial charge in [0.25, 0.3) is 0 Å². The van der Waals surface area contributed by atoms with E-state index in [0.717, 1.165) is 5.56 Å². The van der Waals surface area contributed by atoms with Crippen LogP contribution >= 0.6 is 0 Å². The zero-order valence-corrected chi connectivity index (χ0v) is 11.7. The van der Waals surface area contributed by atoms with Gasteiger partial charge in [0, 0.05) is 5.56 Å². The van der Waals surface area contributed by atoms with Gasteiger partial charge in [0.1, 0.15) is 11.5 Å². The van der Waals surface area contributed by atoms with Gasteiger partial charge in [0.05, 0.1) is 29.8 Å². The van der Waals surface area contributed by atoms with E-state index in [4.69, 9.17) is 10.00 Å². The molecule has 5 nitrogen and oxygen atoms in total. The van der Waals surface area contributed by atoms with Crippen LogP contribution in [0, 0.1) is 11.3 Å². The molecule has 0 aromatic heterocycles. The predicted molar refractivity (Wildman–Crippen MR) is 80.7 cm³/mol. The quantitative estimate of drug-likeness (QED) is 0.834. The number of carbonyl (C=O) groups excluding carboxylic acids is 1. The molecule has 0 spiro atoms. The highest BCUT2D eigenvalue weighted by Crippen LogP contribution is 2.35. The Morgan fingerprint density at radius 1 is 1.32 bits per heavy atom. The van der Waals surface area contributed by atoms with Crippen molar-refractivity contribution >= 4 is 11.6 Å². The van der Waals surface area contributed by atoms with Crippen LogP contribution in [0.3, 0.4) is 0 Å². The topological polar surface area (TPSA) is 82.4 Å². The van der Waals surface area contributed by atoms with Crippen LogP contribution in [-0.2, 0) is 4.79 Å². The molecule has 1 amide bonds. The number of phenolic OH excluding ortho intramolecular Hbond substituents is 1. The van der Waals surface area contributed by atoms with Crippen molar-refractivity contribution in [3.05, 3.63) is 53.6 Å². The lowest BCUT2D eigenvalue weighted by Gasteiger charge is -2.25. The summed E-state index contributed by atoms with van der Waals surface area (Å²) in [6, 6.07) is 13.8. The molecule has 0 bridgehead atoms. The number of benzene rings is 2. The van der Waals surface area contributed by atoms with E-state index < -0.39 is 0 Å². The number of nitriles is 1. The zero-order chi connectivity index (χ0) is 15.5. The summed E-state index contributed by atoms with van der Waals surface area (Å²) in [7, 11) is 0. The number of amides is 1. The molecule has 2 aromatic carbocycles. The zero-order valence-electron chi connectivity index (χ0n) is 11.7. The average Bonchev–Trinajstić information content (AvgIpc) is 2.56. The third kappa shape index (κ3) is 2.59. The van der Waals surface area contributed by atoms with E-state index in [0.29, 0.717) is 24.3 Å². The summed E-state index contributed by atoms with van der Waals surface area (Å²) < 4.78 is 5.54. The Morgan fingerprint density at radius 2 is 2.14 bits per heavy atom. The maximum atomic E-state index is 12.5. The molecule has 0 radical (unpaired) electrons. The number of para-hydroxylation sites is 1. The van der Waals surface area contributed by atoms with E-state index in [9.17, 15) is 9.90 Å². The van der Waals surface area contributed by atoms with Gasteiger partial charge in [-0.3, -0.25) is 4.79 Å². The maximum Gasteiger partial charge on any atom is 0.232 e. The van der Waals surface area contributed by atoms with Gasteiger partial charge >= 0.3 is 0 Å². The van der Waals surface area contributed by atoms with Crippen molar-refractivity contribution in [2.45, 2.75) is 12.3 Å². The molecule has 0 saturated carbocycles. The standard InChI is InChI=1S/C17H14N2O3/c18-10-11-5-6-15(20)14(9-11)19-17(21)13-7-8-22-16-4-2-1-3-12(13)16/h1-6,9,13,20H,7-8H2,(H,19,21)/t13-/m0/s1. The Bertz CT molecular complexity index is 765. The molecular formula is C17H14N2O3. The van der Waals surface area contributed by atoms with Crippen molar-refractivity contribution in [1.82, 2.24) is 0 Å². The first-order valence-electron chi connectivity index (χ1n) is 6.95. The van der Waals surface area contributed by atoms with Gasteiger partial charge in [-0.05, 0) is 30.7 Å². The molecule has 2 aromatic rings. The number of ether oxygens (including phenoxy) is 1. The van der Waals surface area contributed by atoms with Crippen LogP contribution in [0.5, 0.6) is 11.5 Å². The second-order valence-electron chi connectivity index (χ2n) is 5.06. The maximum absolute atomic E-state index is 12.5. The lowest BCUT2D eigenvalue weighted by atomic mass is 9.92. The predicted octanol–water partition coefficient (Wildman–Crippen LogP) is 2.77. The lowest BCUT2D eigenvalue weighted by molar-refractivity contribution is -0.118. The van der Waals surface area contributed by atoms with Crippen molar-refractivity contribution < 1.29 is 14.6 Å². The van der Waals surface area contributed by atoms with Crippen molar-refractivity contribution in [1.29, 1.82) is 5.26 Å². The van der Waals surface area contributed by atoms with Crippen molar-refractivity contribution in [2.75, 3.05) is 11.9 Å². The average molecular weight is 294 g/mol. The molecule has 1 heterocycles. The van der Waals surface area contributed by atoms with Gasteiger partial charge in [0.15, 0.2) is 0 Å². The number of aromatic hydroxyl groups is 1. The third-order valence-electron chi connectivity index (χ3n) is 3.66. The summed E-state index contributed by atoms with van der Waals surface area (Å²) in [5.74, 6) is 0.0906. The molecule has 1 aliphatic heterocycles. The Kier molecular flexibility index (Phi) is 3.67. The third-order valence-corrected chi connectivity index (χ3v) is 3.66. The largest absolute Gasteiger partial charge is 0.506 e. The van der Waals surface area contributed by atoms with Crippen LogP contribution in [0.25, 0.3) is 0 Å². The van der Waals surface area contributed by atoms with E-state index in [2.05, 4.69) is 5.32 Å². The summed E-state index contributed by atoms with van der Waals surface area (Å²) in [6.07, 6.45) is 0.571. The molecule has 1 aliphatic rings. The van der Waals surface area contributed by atoms with Gasteiger partial charge in [-0.2, -0.15) is 5.26 Å². The molecule has 2 N–H and O–H groups in total. The number of hydrogen-bond acceptors (Lipinski definition) is 4. The van der Waals surface area contributed by atoms with Gasteiger partial charge in [0.2, 0.25) is 5.91 Å². The SMILES string of the molecule is N#Cc1ccc(O)c(NC(=O)[C@H]2CCOc3ccccc32)c1. The summed E-state index contributed by atoms with van der Waals surface area (Å²) in [4.78, 5) is 12.5. The van der Waals surface area contributed by atoms with Crippen LogP contribution in [0.1, 0.15) is 23.5 Å². The Hall–Kier alpha value is -3.00. The molecule has 22 heavy (non-hydrogen) atoms. The normalized spacial score (nSPS) is 16.0. The minimum absolute atomic E-state index is 0.0623. The number of anilines is 1. The minimum Gasteiger partial charge on any atom is -0.506 e. The first-order chi connectivity index (χ1) is 10.7. The molecule has 1 atom stereocenters. The summed E-state index contributed by atoms with van der Waals surface area (Å²) in [5, 5.41) is 21.4. The fourth-order valence-electron chi connectivity index (χ4n) is 2.54. The highest BCUT2D eigenvalue weighted by atomic mass is 16.5. The number of fused-ring (bicyclic) bond motifs is 1. The van der Waals surface area contributed by atoms with Crippen molar-refractivity contribution in [3.63, 3.8) is 0 Å². The highest BCUT2D eigenvalue weighted by Gasteiger charge is 2.27. The molecule has 110 valence electrons. The lowest BCUT2D eigenvalue weighted by Crippen LogP contribution is -2.26. The second-order valence-corrected chi connectivity index (χ2v) is 5.06. The van der Waals surface area contributed by atoms with Crippen LogP contribution in [0.2, 0.25) is 0 Å². The number of nitrogens with zero attached hydrogens (tertiary/aromatic N) is 1. The molecule has 3 rings (SSSR count). The van der Waals surface area contributed by atoms with E-state index >= 15 is 0 Å². The molecule has 0 unspecified atom stereocenters. The summed E-state index contributed by atoms with van der Waals surface area (Å²) >= 11 is 0. The smallest absolute Gasteiger partial charge is 0.232 e. The first kappa shape index (κ1) is 14.0. The van der Waals surface area contributed by atoms with E-state index in [1.54, 1.807) is 0 Å². The van der Waals surface area contributed by atoms with Gasteiger partial charge in [-0.1, -0.05) is 18.2 Å². The highest BCUT2D eigenvalue weighted by molar-refractivity contribution is 5.97. The summed E-state index contributed by atoms with van der Waals surface area (Å²) in [5.41, 5.74) is 1.45. The Labute approximate surface area is 127 Å². The van der Waals surface area contributed by atoms with E-state index in [1.165, 1.54) is 18.2 Å². The Balaban J connectivity index is 1.86. The van der Waals surface area contributed by atoms with E-state index in [1.807, 2.05) is 30.3 Å². The molecule has 0 aliphatic carbocycles. The number of nitrogens with one attached hydrogen (secondary N) is 1. The number of rotatable bonds is 2. The summed E-state index contributed by atoms with van der Waals surface area (Å²) in [6.45, 7) is 0.472. The first-order valence-corrected chi connectivity index (χ1v) is 6.95. The molecule has 0 fully saturated rings. The fourth-order valence-corrected chi connectivity index (χ4v) is 2.54. The number of hydrogen-bond donors (Lipinski definition) is 2. The number of carbonyl (C=O) groups is 1. The van der Waals surface area contributed by atoms with Crippen LogP contribution in [0.4, 0.5) is 5.69 Å². The van der Waals surface area contributed by atoms with Crippen LogP contribution in [-0.4, -0.2) is 17.6 Å².